The van der Waals surface area contributed by atoms with Crippen LogP contribution in [0.4, 0.5) is 0 Å². The van der Waals surface area contributed by atoms with E-state index in [1.165, 1.54) is 7.11 Å². The maximum Gasteiger partial charge on any atom is 0.334 e. The molecule has 1 N–H and O–H groups in total. The molecule has 1 aliphatic heterocycles. The van der Waals surface area contributed by atoms with Crippen molar-refractivity contribution < 1.29 is 19.1 Å². The lowest BCUT2D eigenvalue weighted by Gasteiger charge is -2.35. The number of carbonyl (C=O) groups is 2. The molecule has 5 nitrogen and oxygen atoms in total. The van der Waals surface area contributed by atoms with Crippen molar-refractivity contribution in [2.75, 3.05) is 20.3 Å². The number of rotatable bonds is 5. The minimum Gasteiger partial charge on any atom is -0.467 e. The van der Waals surface area contributed by atoms with E-state index in [0.717, 1.165) is 26.5 Å². The summed E-state index contributed by atoms with van der Waals surface area (Å²) in [5, 5.41) is 2.85. The fourth-order valence-corrected chi connectivity index (χ4v) is 4.40. The predicted octanol–water partition coefficient (Wildman–Crippen LogP) is 3.15. The lowest BCUT2D eigenvalue weighted by atomic mass is 9.91. The van der Waals surface area contributed by atoms with E-state index in [1.807, 2.05) is 19.1 Å². The third-order valence-corrected chi connectivity index (χ3v) is 5.33. The van der Waals surface area contributed by atoms with Crippen LogP contribution in [0.3, 0.4) is 0 Å². The maximum absolute atomic E-state index is 12.6. The van der Waals surface area contributed by atoms with Gasteiger partial charge in [0, 0.05) is 15.6 Å². The third kappa shape index (κ3) is 4.37. The topological polar surface area (TPSA) is 64.6 Å². The number of nitrogens with one attached hydrogen (secondary N) is 1. The SMILES string of the molecule is CCc1cc(Br)cc(Br)c1CC(=O)NC1(C(=O)OC)CCCOC1. The third-order valence-electron chi connectivity index (χ3n) is 4.17. The van der Waals surface area contributed by atoms with E-state index in [4.69, 9.17) is 9.47 Å². The van der Waals surface area contributed by atoms with E-state index in [9.17, 15) is 9.59 Å². The van der Waals surface area contributed by atoms with E-state index in [-0.39, 0.29) is 18.9 Å². The number of hydrogen-bond donors (Lipinski definition) is 1. The highest BCUT2D eigenvalue weighted by Gasteiger charge is 2.43. The predicted molar refractivity (Wildman–Crippen MR) is 97.9 cm³/mol. The molecule has 1 atom stereocenters. The number of amides is 1. The number of esters is 1. The molecule has 1 amide bonds. The molecule has 1 fully saturated rings. The number of halogens is 2. The summed E-state index contributed by atoms with van der Waals surface area (Å²) in [6.45, 7) is 2.78. The molecule has 7 heteroatoms. The number of hydrogen-bond acceptors (Lipinski definition) is 4. The zero-order valence-electron chi connectivity index (χ0n) is 13.8. The second kappa shape index (κ2) is 8.45. The monoisotopic (exact) mass is 461 g/mol. The number of benzene rings is 1. The number of ether oxygens (including phenoxy) is 2. The van der Waals surface area contributed by atoms with Gasteiger partial charge in [0.2, 0.25) is 5.91 Å². The fraction of sp³-hybridized carbons (Fsp3) is 0.529. The second-order valence-corrected chi connectivity index (χ2v) is 7.60. The molecule has 0 aliphatic carbocycles. The molecular weight excluding hydrogens is 442 g/mol. The molecular formula is C17H21Br2NO4. The van der Waals surface area contributed by atoms with Crippen LogP contribution in [-0.2, 0) is 31.9 Å². The first-order valence-corrected chi connectivity index (χ1v) is 9.44. The molecule has 1 aromatic rings. The largest absolute Gasteiger partial charge is 0.467 e. The molecule has 1 aromatic carbocycles. The summed E-state index contributed by atoms with van der Waals surface area (Å²) in [5.74, 6) is -0.676. The quantitative estimate of drug-likeness (QED) is 0.682. The highest BCUT2D eigenvalue weighted by atomic mass is 79.9. The average Bonchev–Trinajstić information content (AvgIpc) is 2.57. The van der Waals surface area contributed by atoms with Gasteiger partial charge < -0.3 is 14.8 Å². The molecule has 24 heavy (non-hydrogen) atoms. The maximum atomic E-state index is 12.6. The van der Waals surface area contributed by atoms with Crippen LogP contribution in [0.1, 0.15) is 30.9 Å². The molecule has 1 unspecified atom stereocenters. The van der Waals surface area contributed by atoms with Crippen LogP contribution >= 0.6 is 31.9 Å². The lowest BCUT2D eigenvalue weighted by molar-refractivity contribution is -0.157. The lowest BCUT2D eigenvalue weighted by Crippen LogP contribution is -2.60. The molecule has 0 bridgehead atoms. The van der Waals surface area contributed by atoms with Gasteiger partial charge in [0.25, 0.3) is 0 Å². The van der Waals surface area contributed by atoms with Gasteiger partial charge in [-0.25, -0.2) is 4.79 Å². The van der Waals surface area contributed by atoms with Crippen LogP contribution in [0.25, 0.3) is 0 Å². The summed E-state index contributed by atoms with van der Waals surface area (Å²) < 4.78 is 12.1. The van der Waals surface area contributed by atoms with Crippen molar-refractivity contribution in [3.63, 3.8) is 0 Å². The van der Waals surface area contributed by atoms with Crippen LogP contribution in [0, 0.1) is 0 Å². The second-order valence-electron chi connectivity index (χ2n) is 5.83. The standard InChI is InChI=1S/C17H21Br2NO4/c1-3-11-7-12(18)8-14(19)13(11)9-15(21)20-17(16(22)23-2)5-4-6-24-10-17/h7-8H,3-6,9-10H2,1-2H3,(H,20,21). The zero-order chi connectivity index (χ0) is 17.7. The Balaban J connectivity index is 2.19. The van der Waals surface area contributed by atoms with Gasteiger partial charge in [-0.15, -0.1) is 0 Å². The molecule has 0 spiro atoms. The molecule has 2 rings (SSSR count). The van der Waals surface area contributed by atoms with E-state index >= 15 is 0 Å². The van der Waals surface area contributed by atoms with Crippen molar-refractivity contribution in [2.24, 2.45) is 0 Å². The van der Waals surface area contributed by atoms with Gasteiger partial charge in [-0.2, -0.15) is 0 Å². The Morgan fingerprint density at radius 3 is 2.71 bits per heavy atom. The summed E-state index contributed by atoms with van der Waals surface area (Å²) >= 11 is 6.98. The van der Waals surface area contributed by atoms with E-state index in [2.05, 4.69) is 37.2 Å². The van der Waals surface area contributed by atoms with Crippen LogP contribution in [0.2, 0.25) is 0 Å². The molecule has 1 saturated heterocycles. The minimum absolute atomic E-state index is 0.146. The summed E-state index contributed by atoms with van der Waals surface area (Å²) in [4.78, 5) is 24.8. The Labute approximate surface area is 158 Å². The highest BCUT2D eigenvalue weighted by Crippen LogP contribution is 2.28. The van der Waals surface area contributed by atoms with Gasteiger partial charge in [0.15, 0.2) is 5.54 Å². The first-order valence-electron chi connectivity index (χ1n) is 7.86. The van der Waals surface area contributed by atoms with Crippen LogP contribution in [-0.4, -0.2) is 37.7 Å². The van der Waals surface area contributed by atoms with Gasteiger partial charge in [0.1, 0.15) is 0 Å². The Hall–Kier alpha value is -0.920. The molecule has 1 aliphatic rings. The van der Waals surface area contributed by atoms with Crippen molar-refractivity contribution in [2.45, 2.75) is 38.1 Å². The van der Waals surface area contributed by atoms with Gasteiger partial charge in [-0.1, -0.05) is 38.8 Å². The Morgan fingerprint density at radius 2 is 2.12 bits per heavy atom. The van der Waals surface area contributed by atoms with Gasteiger partial charge in [0.05, 0.1) is 20.1 Å². The van der Waals surface area contributed by atoms with Gasteiger partial charge >= 0.3 is 5.97 Å². The number of carbonyl (C=O) groups excluding carboxylic acids is 2. The molecule has 132 valence electrons. The van der Waals surface area contributed by atoms with E-state index in [1.54, 1.807) is 0 Å². The Morgan fingerprint density at radius 1 is 1.38 bits per heavy atom. The van der Waals surface area contributed by atoms with Crippen LogP contribution < -0.4 is 5.32 Å². The number of methoxy groups -OCH3 is 1. The Bertz CT molecular complexity index is 627. The van der Waals surface area contributed by atoms with Crippen molar-refractivity contribution in [1.82, 2.24) is 5.32 Å². The molecule has 0 aromatic heterocycles. The summed E-state index contributed by atoms with van der Waals surface area (Å²) in [7, 11) is 1.32. The van der Waals surface area contributed by atoms with Crippen LogP contribution in [0.5, 0.6) is 0 Å². The van der Waals surface area contributed by atoms with Gasteiger partial charge in [-0.05, 0) is 42.5 Å². The van der Waals surface area contributed by atoms with Crippen LogP contribution in [0.15, 0.2) is 21.1 Å². The Kier molecular flexibility index (Phi) is 6.83. The summed E-state index contributed by atoms with van der Waals surface area (Å²) in [6.07, 6.45) is 2.23. The van der Waals surface area contributed by atoms with Gasteiger partial charge in [-0.3, -0.25) is 4.79 Å². The first-order chi connectivity index (χ1) is 11.4. The summed E-state index contributed by atoms with van der Waals surface area (Å²) in [5.41, 5.74) is 0.923. The average molecular weight is 463 g/mol. The first kappa shape index (κ1) is 19.4. The number of aryl methyl sites for hydroxylation is 1. The fourth-order valence-electron chi connectivity index (χ4n) is 2.94. The minimum atomic E-state index is -1.09. The van der Waals surface area contributed by atoms with E-state index in [0.29, 0.717) is 19.4 Å². The van der Waals surface area contributed by atoms with Crippen molar-refractivity contribution in [1.29, 1.82) is 0 Å². The normalized spacial score (nSPS) is 20.5. The van der Waals surface area contributed by atoms with Crippen molar-refractivity contribution >= 4 is 43.7 Å². The molecule has 1 heterocycles. The smallest absolute Gasteiger partial charge is 0.334 e. The zero-order valence-corrected chi connectivity index (χ0v) is 17.0. The van der Waals surface area contributed by atoms with E-state index < -0.39 is 11.5 Å². The highest BCUT2D eigenvalue weighted by molar-refractivity contribution is 9.11. The van der Waals surface area contributed by atoms with Crippen molar-refractivity contribution in [3.8, 4) is 0 Å². The molecule has 0 saturated carbocycles. The molecule has 0 radical (unpaired) electrons. The summed E-state index contributed by atoms with van der Waals surface area (Å²) in [6, 6.07) is 3.93. The van der Waals surface area contributed by atoms with Crippen molar-refractivity contribution in [3.05, 3.63) is 32.2 Å².